The van der Waals surface area contributed by atoms with Gasteiger partial charge in [-0.1, -0.05) is 96.0 Å². The maximum Gasteiger partial charge on any atom is 0.340 e. The van der Waals surface area contributed by atoms with Crippen LogP contribution in [0.3, 0.4) is 0 Å². The molecule has 0 amide bonds. The summed E-state index contributed by atoms with van der Waals surface area (Å²) in [6, 6.07) is 62.5. The van der Waals surface area contributed by atoms with E-state index in [-0.39, 0.29) is 67.5 Å². The van der Waals surface area contributed by atoms with E-state index in [1.54, 1.807) is 97.1 Å². The Kier molecular flexibility index (Phi) is 17.2. The topological polar surface area (TPSA) is 356 Å². The van der Waals surface area contributed by atoms with E-state index in [0.29, 0.717) is 130 Å². The third-order valence-corrected chi connectivity index (χ3v) is 19.6. The van der Waals surface area contributed by atoms with Crippen LogP contribution in [0, 0.1) is 0 Å². The van der Waals surface area contributed by atoms with Crippen LogP contribution >= 0.6 is 23.2 Å². The molecule has 4 spiro atoms. The Morgan fingerprint density at radius 3 is 0.704 bits per heavy atom. The second-order valence-corrected chi connectivity index (χ2v) is 25.7. The van der Waals surface area contributed by atoms with Gasteiger partial charge in [0, 0.05) is 115 Å². The predicted molar refractivity (Wildman–Crippen MR) is 385 cm³/mol. The predicted octanol–water partition coefficient (Wildman–Crippen LogP) is 15.3. The Hall–Kier alpha value is -13.9. The number of halogens is 2. The number of nitrogens with two attached hydrogens (primary N) is 1. The molecule has 8 aliphatic heterocycles. The highest BCUT2D eigenvalue weighted by Gasteiger charge is 2.58. The zero-order valence-corrected chi connectivity index (χ0v) is 57.7. The number of aromatic hydroxyl groups is 8. The quantitative estimate of drug-likeness (QED) is 0.0419. The molecule has 0 aliphatic carbocycles. The summed E-state index contributed by atoms with van der Waals surface area (Å²) in [5, 5.41) is 79.2. The Morgan fingerprint density at radius 2 is 0.491 bits per heavy atom. The number of carbonyl (C=O) groups excluding carboxylic acids is 5. The second-order valence-electron chi connectivity index (χ2n) is 24.9. The summed E-state index contributed by atoms with van der Waals surface area (Å²) in [4.78, 5) is 59.2. The molecule has 0 aromatic heterocycles. The molecule has 0 bridgehead atoms. The van der Waals surface area contributed by atoms with Crippen molar-refractivity contribution in [2.24, 2.45) is 5.73 Å². The molecule has 12 aromatic carbocycles. The first-order valence-corrected chi connectivity index (χ1v) is 33.5. The number of phenolic OH excluding ortho intramolecular Hbond substituents is 8. The fraction of sp³-hybridized carbons (Fsp3) is 0.0723. The summed E-state index contributed by atoms with van der Waals surface area (Å²) >= 11 is 12.3. The average molecular weight is 1490 g/mol. The summed E-state index contributed by atoms with van der Waals surface area (Å²) in [6.45, 7) is 0.375. The van der Waals surface area contributed by atoms with Crippen molar-refractivity contribution < 1.29 is 107 Å². The molecule has 25 heteroatoms. The van der Waals surface area contributed by atoms with Crippen LogP contribution in [0.1, 0.15) is 108 Å². The molecule has 23 nitrogen and oxygen atoms in total. The van der Waals surface area contributed by atoms with Crippen LogP contribution in [0.4, 0.5) is 0 Å². The van der Waals surface area contributed by atoms with E-state index in [4.69, 9.17) is 65.9 Å². The standard InChI is InChI=1S/C20H10Cl2O5.3C20H12O5.C2H4O2.CH5N/c21-13-5-11-17(7-15(13)23)26-18-8-16(24)14(22)6-12(18)20(11)10-4-2-1-3-9(10)19(25)27-20;3*21-11-5-7-15-17(9-11)24-18-10-12(22)6-8-16(18)20(15)14-4-2-1-3-13(14)19(23)25-20;1-4-2-3;1-2/h1-8,23-24H;3*1-10,21-22H;2H,1H3;2H2,1H3. The lowest BCUT2D eigenvalue weighted by Crippen LogP contribution is -2.33. The van der Waals surface area contributed by atoms with Gasteiger partial charge in [0.25, 0.3) is 6.47 Å². The fourth-order valence-electron chi connectivity index (χ4n) is 14.6. The lowest BCUT2D eigenvalue weighted by Gasteiger charge is -2.36. The highest BCUT2D eigenvalue weighted by atomic mass is 35.5. The summed E-state index contributed by atoms with van der Waals surface area (Å²) in [6.07, 6.45) is 0. The lowest BCUT2D eigenvalue weighted by atomic mass is 9.77. The van der Waals surface area contributed by atoms with Crippen molar-refractivity contribution >= 4 is 53.6 Å². The van der Waals surface area contributed by atoms with Crippen molar-refractivity contribution in [3.63, 3.8) is 0 Å². The Labute approximate surface area is 621 Å². The summed E-state index contributed by atoms with van der Waals surface area (Å²) < 4.78 is 50.9. The van der Waals surface area contributed by atoms with Gasteiger partial charge in [0.1, 0.15) is 92.0 Å². The number of hydrogen-bond acceptors (Lipinski definition) is 23. The number of esters is 4. The number of ether oxygens (including phenoxy) is 9. The SMILES string of the molecule is CN.COC=O.O=C1OC2(c3cc(Cl)c(O)cc3Oc3cc(O)c(Cl)cc32)c2ccccc21.O=C1OC2(c3ccc(O)cc3Oc3cc(O)ccc32)c2ccccc21.O=C1OC2(c3ccc(O)cc3Oc3cc(O)ccc32)c2ccccc21.O=C1OC2(c3ccc(O)cc3Oc3cc(O)ccc32)c2ccccc21. The number of benzene rings is 12. The van der Waals surface area contributed by atoms with E-state index < -0.39 is 46.3 Å². The van der Waals surface area contributed by atoms with Gasteiger partial charge >= 0.3 is 23.9 Å². The van der Waals surface area contributed by atoms with Gasteiger partial charge in [0.2, 0.25) is 0 Å². The molecule has 8 aliphatic rings. The van der Waals surface area contributed by atoms with Gasteiger partial charge in [0.15, 0.2) is 22.4 Å². The van der Waals surface area contributed by atoms with Crippen LogP contribution < -0.4 is 24.7 Å². The van der Waals surface area contributed by atoms with E-state index >= 15 is 0 Å². The fourth-order valence-corrected chi connectivity index (χ4v) is 15.0. The van der Waals surface area contributed by atoms with Crippen LogP contribution in [0.25, 0.3) is 0 Å². The van der Waals surface area contributed by atoms with E-state index in [1.165, 1.54) is 111 Å². The molecule has 0 atom stereocenters. The van der Waals surface area contributed by atoms with Gasteiger partial charge in [0.05, 0.1) is 39.4 Å². The van der Waals surface area contributed by atoms with Gasteiger partial charge in [-0.2, -0.15) is 0 Å². The Bertz CT molecular complexity index is 5180. The van der Waals surface area contributed by atoms with Crippen molar-refractivity contribution in [2.75, 3.05) is 14.2 Å². The molecular weight excluding hydrogens is 1430 g/mol. The van der Waals surface area contributed by atoms with Crippen molar-refractivity contribution in [1.82, 2.24) is 0 Å². The summed E-state index contributed by atoms with van der Waals surface area (Å²) in [7, 11) is 2.81. The van der Waals surface area contributed by atoms with Crippen LogP contribution in [-0.4, -0.2) is 85.4 Å². The number of carbonyl (C=O) groups is 5. The zero-order valence-electron chi connectivity index (χ0n) is 56.1. The molecule has 0 unspecified atom stereocenters. The van der Waals surface area contributed by atoms with E-state index in [1.807, 2.05) is 36.4 Å². The maximum atomic E-state index is 12.6. The number of methoxy groups -OCH3 is 1. The van der Waals surface area contributed by atoms with Crippen LogP contribution in [-0.2, 0) is 50.9 Å². The number of fused-ring (bicyclic) bond motifs is 24. The molecule has 0 saturated carbocycles. The van der Waals surface area contributed by atoms with Gasteiger partial charge in [-0.3, -0.25) is 4.79 Å². The molecule has 0 fully saturated rings. The molecule has 10 N–H and O–H groups in total. The zero-order chi connectivity index (χ0) is 75.9. The molecule has 108 heavy (non-hydrogen) atoms. The molecule has 0 radical (unpaired) electrons. The van der Waals surface area contributed by atoms with Gasteiger partial charge < -0.3 is 89.2 Å². The first-order chi connectivity index (χ1) is 52.1. The van der Waals surface area contributed by atoms with E-state index in [0.717, 1.165) is 0 Å². The normalized spacial score (nSPS) is 15.1. The van der Waals surface area contributed by atoms with Crippen molar-refractivity contribution in [3.05, 3.63) is 330 Å². The smallest absolute Gasteiger partial charge is 0.340 e. The third kappa shape index (κ3) is 10.9. The molecule has 8 heterocycles. The first kappa shape index (κ1) is 69.8. The lowest BCUT2D eigenvalue weighted by molar-refractivity contribution is -0.126. The molecule has 538 valence electrons. The minimum absolute atomic E-state index is 0.0371. The number of phenols is 8. The number of rotatable bonds is 1. The number of hydrogen-bond donors (Lipinski definition) is 9. The van der Waals surface area contributed by atoms with Gasteiger partial charge in [-0.15, -0.1) is 0 Å². The van der Waals surface area contributed by atoms with Crippen LogP contribution in [0.2, 0.25) is 10.0 Å². The van der Waals surface area contributed by atoms with E-state index in [2.05, 4.69) is 10.5 Å². The van der Waals surface area contributed by atoms with Crippen molar-refractivity contribution in [2.45, 2.75) is 22.4 Å². The third-order valence-electron chi connectivity index (χ3n) is 19.0. The minimum Gasteiger partial charge on any atom is -0.508 e. The Morgan fingerprint density at radius 1 is 0.296 bits per heavy atom. The molecule has 20 rings (SSSR count). The largest absolute Gasteiger partial charge is 0.508 e. The molecule has 12 aromatic rings. The van der Waals surface area contributed by atoms with Crippen molar-refractivity contribution in [3.8, 4) is 92.0 Å². The molecule has 0 saturated heterocycles. The maximum absolute atomic E-state index is 12.6. The van der Waals surface area contributed by atoms with Gasteiger partial charge in [-0.25, -0.2) is 19.2 Å². The molecular formula is C83H55Cl2NO22. The Balaban J connectivity index is 0.000000112. The monoisotopic (exact) mass is 1490 g/mol. The van der Waals surface area contributed by atoms with Crippen molar-refractivity contribution in [1.29, 1.82) is 0 Å². The first-order valence-electron chi connectivity index (χ1n) is 32.8. The van der Waals surface area contributed by atoms with E-state index in [9.17, 15) is 60.0 Å². The minimum atomic E-state index is -1.36. The van der Waals surface area contributed by atoms with Gasteiger partial charge in [-0.05, 0) is 116 Å². The summed E-state index contributed by atoms with van der Waals surface area (Å²) in [5.41, 5.74) is 8.92. The van der Waals surface area contributed by atoms with Crippen LogP contribution in [0.5, 0.6) is 92.0 Å². The summed E-state index contributed by atoms with van der Waals surface area (Å²) in [5.74, 6) is 0.890. The second kappa shape index (κ2) is 26.7. The average Bonchev–Trinajstić information content (AvgIpc) is 1.50. The highest BCUT2D eigenvalue weighted by molar-refractivity contribution is 6.32. The van der Waals surface area contributed by atoms with Crippen LogP contribution in [0.15, 0.2) is 231 Å². The highest BCUT2D eigenvalue weighted by Crippen LogP contribution is 2.62.